The highest BCUT2D eigenvalue weighted by Gasteiger charge is 2.21. The van der Waals surface area contributed by atoms with Gasteiger partial charge in [-0.15, -0.1) is 0 Å². The molecule has 0 unspecified atom stereocenters. The lowest BCUT2D eigenvalue weighted by molar-refractivity contribution is -0.130. The van der Waals surface area contributed by atoms with Crippen molar-refractivity contribution in [2.75, 3.05) is 45.8 Å². The SMILES string of the molecule is CCN(CC)CCCN(CC)C(=O)CNCC1CC1. The molecular weight excluding hydrogens is 238 g/mol. The van der Waals surface area contributed by atoms with E-state index in [1.807, 2.05) is 4.90 Å². The van der Waals surface area contributed by atoms with Gasteiger partial charge in [0.2, 0.25) is 5.91 Å². The molecule has 0 bridgehead atoms. The second-order valence-electron chi connectivity index (χ2n) is 5.43. The number of nitrogens with zero attached hydrogens (tertiary/aromatic N) is 2. The van der Waals surface area contributed by atoms with Gasteiger partial charge in [-0.25, -0.2) is 0 Å². The topological polar surface area (TPSA) is 35.6 Å². The number of rotatable bonds is 11. The predicted octanol–water partition coefficient (Wildman–Crippen LogP) is 1.57. The molecule has 0 aromatic heterocycles. The van der Waals surface area contributed by atoms with Gasteiger partial charge in [-0.1, -0.05) is 13.8 Å². The third kappa shape index (κ3) is 6.92. The van der Waals surface area contributed by atoms with Gasteiger partial charge in [0.05, 0.1) is 6.54 Å². The molecule has 4 heteroatoms. The van der Waals surface area contributed by atoms with E-state index >= 15 is 0 Å². The molecule has 1 N–H and O–H groups in total. The van der Waals surface area contributed by atoms with Crippen LogP contribution < -0.4 is 5.32 Å². The van der Waals surface area contributed by atoms with Crippen molar-refractivity contribution >= 4 is 5.91 Å². The Bertz CT molecular complexity index is 250. The number of hydrogen-bond donors (Lipinski definition) is 1. The Balaban J connectivity index is 2.13. The molecule has 4 nitrogen and oxygen atoms in total. The van der Waals surface area contributed by atoms with E-state index in [4.69, 9.17) is 0 Å². The molecule has 1 saturated carbocycles. The minimum absolute atomic E-state index is 0.252. The summed E-state index contributed by atoms with van der Waals surface area (Å²) in [7, 11) is 0. The fourth-order valence-electron chi connectivity index (χ4n) is 2.30. The monoisotopic (exact) mass is 269 g/mol. The molecule has 0 aromatic rings. The molecule has 0 radical (unpaired) electrons. The third-order valence-corrected chi connectivity index (χ3v) is 3.94. The van der Waals surface area contributed by atoms with Crippen molar-refractivity contribution in [3.8, 4) is 0 Å². The summed E-state index contributed by atoms with van der Waals surface area (Å²) in [5, 5.41) is 3.28. The van der Waals surface area contributed by atoms with Gasteiger partial charge in [-0.3, -0.25) is 4.79 Å². The molecule has 1 amide bonds. The normalized spacial score (nSPS) is 14.9. The molecule has 1 aliphatic carbocycles. The van der Waals surface area contributed by atoms with Crippen molar-refractivity contribution in [2.24, 2.45) is 5.92 Å². The number of carbonyl (C=O) groups is 1. The summed E-state index contributed by atoms with van der Waals surface area (Å²) in [5.74, 6) is 1.09. The van der Waals surface area contributed by atoms with Gasteiger partial charge >= 0.3 is 0 Å². The van der Waals surface area contributed by atoms with Gasteiger partial charge in [0.25, 0.3) is 0 Å². The lowest BCUT2D eigenvalue weighted by Crippen LogP contribution is -2.40. The summed E-state index contributed by atoms with van der Waals surface area (Å²) in [5.41, 5.74) is 0. The zero-order valence-corrected chi connectivity index (χ0v) is 13.0. The maximum Gasteiger partial charge on any atom is 0.236 e. The molecule has 1 aliphatic rings. The first kappa shape index (κ1) is 16.4. The predicted molar refractivity (Wildman–Crippen MR) is 80.3 cm³/mol. The van der Waals surface area contributed by atoms with Crippen LogP contribution in [0.5, 0.6) is 0 Å². The van der Waals surface area contributed by atoms with E-state index in [0.29, 0.717) is 6.54 Å². The molecule has 0 spiro atoms. The Morgan fingerprint density at radius 1 is 1.11 bits per heavy atom. The number of carbonyl (C=O) groups excluding carboxylic acids is 1. The molecule has 1 rings (SSSR count). The highest BCUT2D eigenvalue weighted by molar-refractivity contribution is 5.78. The number of nitrogens with one attached hydrogen (secondary N) is 1. The number of hydrogen-bond acceptors (Lipinski definition) is 3. The number of likely N-dealkylation sites (N-methyl/N-ethyl adjacent to an activating group) is 1. The van der Waals surface area contributed by atoms with E-state index in [-0.39, 0.29) is 5.91 Å². The number of amides is 1. The Morgan fingerprint density at radius 3 is 2.32 bits per heavy atom. The zero-order valence-electron chi connectivity index (χ0n) is 13.0. The molecular formula is C15H31N3O. The molecule has 0 heterocycles. The van der Waals surface area contributed by atoms with E-state index in [1.165, 1.54) is 12.8 Å². The van der Waals surface area contributed by atoms with Crippen molar-refractivity contribution in [1.29, 1.82) is 0 Å². The van der Waals surface area contributed by atoms with Crippen LogP contribution in [0.4, 0.5) is 0 Å². The molecule has 0 saturated heterocycles. The van der Waals surface area contributed by atoms with E-state index in [0.717, 1.165) is 51.6 Å². The molecule has 0 aromatic carbocycles. The van der Waals surface area contributed by atoms with Crippen LogP contribution in [0.25, 0.3) is 0 Å². The van der Waals surface area contributed by atoms with Crippen molar-refractivity contribution < 1.29 is 4.79 Å². The first-order valence-electron chi connectivity index (χ1n) is 7.92. The lowest BCUT2D eigenvalue weighted by Gasteiger charge is -2.23. The Kier molecular flexibility index (Phi) is 8.07. The van der Waals surface area contributed by atoms with Crippen molar-refractivity contribution in [2.45, 2.75) is 40.0 Å². The van der Waals surface area contributed by atoms with Gasteiger partial charge in [0.1, 0.15) is 0 Å². The van der Waals surface area contributed by atoms with Crippen molar-refractivity contribution in [3.05, 3.63) is 0 Å². The van der Waals surface area contributed by atoms with Crippen LogP contribution in [0, 0.1) is 5.92 Å². The Hall–Kier alpha value is -0.610. The fourth-order valence-corrected chi connectivity index (χ4v) is 2.30. The maximum atomic E-state index is 12.0. The second-order valence-corrected chi connectivity index (χ2v) is 5.43. The van der Waals surface area contributed by atoms with Crippen LogP contribution >= 0.6 is 0 Å². The Labute approximate surface area is 118 Å². The van der Waals surface area contributed by atoms with Gasteiger partial charge in [-0.05, 0) is 58.3 Å². The standard InChI is InChI=1S/C15H31N3O/c1-4-17(5-2)10-7-11-18(6-3)15(19)13-16-12-14-8-9-14/h14,16H,4-13H2,1-3H3. The fraction of sp³-hybridized carbons (Fsp3) is 0.933. The first-order valence-corrected chi connectivity index (χ1v) is 7.92. The summed E-state index contributed by atoms with van der Waals surface area (Å²) in [6.45, 7) is 13.0. The van der Waals surface area contributed by atoms with Crippen molar-refractivity contribution in [1.82, 2.24) is 15.1 Å². The summed E-state index contributed by atoms with van der Waals surface area (Å²) in [6.07, 6.45) is 3.75. The quantitative estimate of drug-likeness (QED) is 0.618. The summed E-state index contributed by atoms with van der Waals surface area (Å²) in [6, 6.07) is 0. The average molecular weight is 269 g/mol. The first-order chi connectivity index (χ1) is 9.21. The molecule has 0 atom stereocenters. The minimum Gasteiger partial charge on any atom is -0.342 e. The Morgan fingerprint density at radius 2 is 1.79 bits per heavy atom. The molecule has 112 valence electrons. The van der Waals surface area contributed by atoms with Crippen LogP contribution in [0.2, 0.25) is 0 Å². The van der Waals surface area contributed by atoms with Crippen LogP contribution in [0.1, 0.15) is 40.0 Å². The maximum absolute atomic E-state index is 12.0. The second kappa shape index (κ2) is 9.32. The van der Waals surface area contributed by atoms with Crippen LogP contribution in [0.3, 0.4) is 0 Å². The lowest BCUT2D eigenvalue weighted by atomic mass is 10.3. The minimum atomic E-state index is 0.252. The summed E-state index contributed by atoms with van der Waals surface area (Å²) in [4.78, 5) is 16.4. The third-order valence-electron chi connectivity index (χ3n) is 3.94. The van der Waals surface area contributed by atoms with Gasteiger partial charge < -0.3 is 15.1 Å². The molecule has 1 fully saturated rings. The average Bonchev–Trinajstić information content (AvgIpc) is 3.23. The van der Waals surface area contributed by atoms with Crippen LogP contribution in [-0.4, -0.2) is 61.5 Å². The van der Waals surface area contributed by atoms with Gasteiger partial charge in [0.15, 0.2) is 0 Å². The van der Waals surface area contributed by atoms with Gasteiger partial charge in [0, 0.05) is 13.1 Å². The zero-order chi connectivity index (χ0) is 14.1. The van der Waals surface area contributed by atoms with Gasteiger partial charge in [-0.2, -0.15) is 0 Å². The summed E-state index contributed by atoms with van der Waals surface area (Å²) < 4.78 is 0. The van der Waals surface area contributed by atoms with E-state index in [2.05, 4.69) is 31.0 Å². The molecule has 0 aliphatic heterocycles. The van der Waals surface area contributed by atoms with E-state index in [9.17, 15) is 4.79 Å². The van der Waals surface area contributed by atoms with E-state index < -0.39 is 0 Å². The summed E-state index contributed by atoms with van der Waals surface area (Å²) >= 11 is 0. The van der Waals surface area contributed by atoms with Crippen molar-refractivity contribution in [3.63, 3.8) is 0 Å². The smallest absolute Gasteiger partial charge is 0.236 e. The van der Waals surface area contributed by atoms with E-state index in [1.54, 1.807) is 0 Å². The van der Waals surface area contributed by atoms with Crippen LogP contribution in [0.15, 0.2) is 0 Å². The largest absolute Gasteiger partial charge is 0.342 e. The highest BCUT2D eigenvalue weighted by Crippen LogP contribution is 2.27. The van der Waals surface area contributed by atoms with Crippen LogP contribution in [-0.2, 0) is 4.79 Å². The highest BCUT2D eigenvalue weighted by atomic mass is 16.2. The molecule has 19 heavy (non-hydrogen) atoms.